The van der Waals surface area contributed by atoms with Crippen LogP contribution < -0.4 is 0 Å². The normalized spacial score (nSPS) is 15.7. The van der Waals surface area contributed by atoms with Gasteiger partial charge in [-0.2, -0.15) is 0 Å². The molecule has 0 radical (unpaired) electrons. The van der Waals surface area contributed by atoms with Crippen molar-refractivity contribution in [3.05, 3.63) is 40.8 Å². The molecule has 0 amide bonds. The van der Waals surface area contributed by atoms with Crippen molar-refractivity contribution in [1.29, 1.82) is 0 Å². The van der Waals surface area contributed by atoms with Gasteiger partial charge in [0.2, 0.25) is 0 Å². The molecule has 0 spiro atoms. The lowest BCUT2D eigenvalue weighted by molar-refractivity contribution is 0.629. The summed E-state index contributed by atoms with van der Waals surface area (Å²) in [6.45, 7) is 4.16. The predicted molar refractivity (Wildman–Crippen MR) is 63.2 cm³/mol. The molecular formula is C14H14FN. The molecule has 0 saturated heterocycles. The number of aryl methyl sites for hydroxylation is 1. The number of nitrogens with zero attached hydrogens (tertiary/aromatic N) is 1. The molecule has 2 aromatic rings. The van der Waals surface area contributed by atoms with E-state index < -0.39 is 0 Å². The van der Waals surface area contributed by atoms with E-state index in [9.17, 15) is 4.39 Å². The molecule has 1 aromatic heterocycles. The van der Waals surface area contributed by atoms with Gasteiger partial charge in [0.15, 0.2) is 0 Å². The highest BCUT2D eigenvalue weighted by Crippen LogP contribution is 2.42. The molecular weight excluding hydrogens is 201 g/mol. The van der Waals surface area contributed by atoms with E-state index in [2.05, 4.69) is 18.8 Å². The molecule has 3 rings (SSSR count). The number of hydrogen-bond donors (Lipinski definition) is 0. The second-order valence-electron chi connectivity index (χ2n) is 4.68. The monoisotopic (exact) mass is 215 g/mol. The van der Waals surface area contributed by atoms with Crippen LogP contribution in [0.25, 0.3) is 10.9 Å². The van der Waals surface area contributed by atoms with E-state index in [-0.39, 0.29) is 5.82 Å². The second kappa shape index (κ2) is 3.27. The van der Waals surface area contributed by atoms with Gasteiger partial charge >= 0.3 is 0 Å². The standard InChI is InChI=1S/C14H14FN/c1-8-9(2)14(10-3-4-10)16-13-6-5-11(15)7-12(8)13/h5-7,10H,3-4H2,1-2H3. The molecule has 0 aliphatic heterocycles. The molecule has 1 saturated carbocycles. The third-order valence-electron chi connectivity index (χ3n) is 3.51. The van der Waals surface area contributed by atoms with Gasteiger partial charge in [0.1, 0.15) is 5.82 Å². The molecule has 0 N–H and O–H groups in total. The zero-order valence-corrected chi connectivity index (χ0v) is 9.55. The van der Waals surface area contributed by atoms with Crippen molar-refractivity contribution >= 4 is 10.9 Å². The number of aromatic nitrogens is 1. The molecule has 1 heterocycles. The maximum atomic E-state index is 13.2. The Bertz CT molecular complexity index is 570. The molecule has 1 aliphatic rings. The fourth-order valence-corrected chi connectivity index (χ4v) is 2.27. The Morgan fingerprint density at radius 2 is 1.94 bits per heavy atom. The number of rotatable bonds is 1. The maximum Gasteiger partial charge on any atom is 0.123 e. The Labute approximate surface area is 94.3 Å². The van der Waals surface area contributed by atoms with E-state index in [0.717, 1.165) is 10.9 Å². The summed E-state index contributed by atoms with van der Waals surface area (Å²) in [5, 5.41) is 0.946. The highest BCUT2D eigenvalue weighted by Gasteiger charge is 2.27. The minimum atomic E-state index is -0.184. The van der Waals surface area contributed by atoms with Crippen molar-refractivity contribution < 1.29 is 4.39 Å². The molecule has 1 aliphatic carbocycles. The highest BCUT2D eigenvalue weighted by molar-refractivity contribution is 5.83. The predicted octanol–water partition coefficient (Wildman–Crippen LogP) is 3.87. The molecule has 0 unspecified atom stereocenters. The minimum absolute atomic E-state index is 0.184. The quantitative estimate of drug-likeness (QED) is 0.703. The van der Waals surface area contributed by atoms with Crippen molar-refractivity contribution in [3.8, 4) is 0 Å². The van der Waals surface area contributed by atoms with Gasteiger partial charge in [-0.1, -0.05) is 0 Å². The fraction of sp³-hybridized carbons (Fsp3) is 0.357. The average molecular weight is 215 g/mol. The molecule has 82 valence electrons. The summed E-state index contributed by atoms with van der Waals surface area (Å²) in [4.78, 5) is 4.67. The van der Waals surface area contributed by atoms with Crippen LogP contribution in [-0.2, 0) is 0 Å². The lowest BCUT2D eigenvalue weighted by Gasteiger charge is -2.10. The first-order valence-corrected chi connectivity index (χ1v) is 5.73. The molecule has 16 heavy (non-hydrogen) atoms. The molecule has 0 atom stereocenters. The molecule has 1 aromatic carbocycles. The van der Waals surface area contributed by atoms with Gasteiger partial charge in [0.05, 0.1) is 5.52 Å². The lowest BCUT2D eigenvalue weighted by Crippen LogP contribution is -1.97. The van der Waals surface area contributed by atoms with E-state index in [1.807, 2.05) is 0 Å². The van der Waals surface area contributed by atoms with E-state index in [4.69, 9.17) is 0 Å². The number of halogens is 1. The van der Waals surface area contributed by atoms with E-state index in [0.29, 0.717) is 5.92 Å². The summed E-state index contributed by atoms with van der Waals surface area (Å²) in [7, 11) is 0. The molecule has 2 heteroatoms. The van der Waals surface area contributed by atoms with Crippen LogP contribution in [0.4, 0.5) is 4.39 Å². The van der Waals surface area contributed by atoms with Crippen LogP contribution in [-0.4, -0.2) is 4.98 Å². The molecule has 1 nitrogen and oxygen atoms in total. The first-order valence-electron chi connectivity index (χ1n) is 5.73. The van der Waals surface area contributed by atoms with Crippen LogP contribution in [0.5, 0.6) is 0 Å². The zero-order chi connectivity index (χ0) is 11.3. The number of pyridine rings is 1. The Balaban J connectivity index is 2.33. The Hall–Kier alpha value is -1.44. The van der Waals surface area contributed by atoms with Crippen LogP contribution in [0.15, 0.2) is 18.2 Å². The summed E-state index contributed by atoms with van der Waals surface area (Å²) in [5.41, 5.74) is 4.55. The van der Waals surface area contributed by atoms with Gasteiger partial charge < -0.3 is 0 Å². The van der Waals surface area contributed by atoms with Crippen LogP contribution in [0.2, 0.25) is 0 Å². The SMILES string of the molecule is Cc1c(C2CC2)nc2ccc(F)cc2c1C. The van der Waals surface area contributed by atoms with Crippen LogP contribution in [0.3, 0.4) is 0 Å². The summed E-state index contributed by atoms with van der Waals surface area (Å²) >= 11 is 0. The van der Waals surface area contributed by atoms with Crippen molar-refractivity contribution in [2.75, 3.05) is 0 Å². The highest BCUT2D eigenvalue weighted by atomic mass is 19.1. The smallest absolute Gasteiger partial charge is 0.123 e. The molecule has 0 bridgehead atoms. The Kier molecular flexibility index (Phi) is 2.00. The lowest BCUT2D eigenvalue weighted by atomic mass is 10.0. The van der Waals surface area contributed by atoms with Gasteiger partial charge in [-0.05, 0) is 56.0 Å². The van der Waals surface area contributed by atoms with Crippen LogP contribution in [0, 0.1) is 19.7 Å². The Morgan fingerprint density at radius 1 is 1.19 bits per heavy atom. The second-order valence-corrected chi connectivity index (χ2v) is 4.68. The fourth-order valence-electron chi connectivity index (χ4n) is 2.27. The zero-order valence-electron chi connectivity index (χ0n) is 9.55. The van der Waals surface area contributed by atoms with E-state index in [1.54, 1.807) is 12.1 Å². The van der Waals surface area contributed by atoms with Crippen LogP contribution in [0.1, 0.15) is 35.6 Å². The van der Waals surface area contributed by atoms with E-state index in [1.165, 1.54) is 35.7 Å². The summed E-state index contributed by atoms with van der Waals surface area (Å²) < 4.78 is 13.2. The average Bonchev–Trinajstić information content (AvgIpc) is 3.08. The summed E-state index contributed by atoms with van der Waals surface area (Å²) in [6, 6.07) is 4.85. The van der Waals surface area contributed by atoms with Crippen molar-refractivity contribution in [3.63, 3.8) is 0 Å². The first-order chi connectivity index (χ1) is 7.66. The molecule has 1 fully saturated rings. The van der Waals surface area contributed by atoms with Crippen molar-refractivity contribution in [2.45, 2.75) is 32.6 Å². The van der Waals surface area contributed by atoms with Gasteiger partial charge in [-0.15, -0.1) is 0 Å². The van der Waals surface area contributed by atoms with E-state index >= 15 is 0 Å². The van der Waals surface area contributed by atoms with Crippen molar-refractivity contribution in [2.24, 2.45) is 0 Å². The first kappa shape index (κ1) is 9.76. The minimum Gasteiger partial charge on any atom is -0.252 e. The Morgan fingerprint density at radius 3 is 2.62 bits per heavy atom. The largest absolute Gasteiger partial charge is 0.252 e. The maximum absolute atomic E-state index is 13.2. The van der Waals surface area contributed by atoms with Crippen LogP contribution >= 0.6 is 0 Å². The summed E-state index contributed by atoms with van der Waals surface area (Å²) in [6.07, 6.45) is 2.50. The summed E-state index contributed by atoms with van der Waals surface area (Å²) in [5.74, 6) is 0.462. The number of benzene rings is 1. The number of fused-ring (bicyclic) bond motifs is 1. The third kappa shape index (κ3) is 1.41. The number of hydrogen-bond acceptors (Lipinski definition) is 1. The van der Waals surface area contributed by atoms with Gasteiger partial charge in [-0.3, -0.25) is 4.98 Å². The van der Waals surface area contributed by atoms with Crippen molar-refractivity contribution in [1.82, 2.24) is 4.98 Å². The van der Waals surface area contributed by atoms with Gasteiger partial charge in [0, 0.05) is 17.0 Å². The van der Waals surface area contributed by atoms with Gasteiger partial charge in [-0.25, -0.2) is 4.39 Å². The topological polar surface area (TPSA) is 12.9 Å². The van der Waals surface area contributed by atoms with Gasteiger partial charge in [0.25, 0.3) is 0 Å². The third-order valence-corrected chi connectivity index (χ3v) is 3.51.